The first-order valence-electron chi connectivity index (χ1n) is 31.9. The number of hydrogen-bond acceptors (Lipinski definition) is 6. The van der Waals surface area contributed by atoms with Gasteiger partial charge in [0.1, 0.15) is 0 Å². The van der Waals surface area contributed by atoms with Crippen molar-refractivity contribution in [3.63, 3.8) is 0 Å². The van der Waals surface area contributed by atoms with Gasteiger partial charge in [-0.25, -0.2) is 0 Å². The number of rotatable bonds is 46. The molecule has 0 aliphatic heterocycles. The fourth-order valence-corrected chi connectivity index (χ4v) is 18.0. The molecule has 2 unspecified atom stereocenters. The van der Waals surface area contributed by atoms with Crippen molar-refractivity contribution in [1.29, 1.82) is 0 Å². The molecule has 6 rings (SSSR count). The molecule has 4 aromatic heterocycles. The van der Waals surface area contributed by atoms with E-state index in [1.54, 1.807) is 0 Å². The summed E-state index contributed by atoms with van der Waals surface area (Å²) >= 11 is 11.8. The van der Waals surface area contributed by atoms with E-state index in [0.29, 0.717) is 0 Å². The summed E-state index contributed by atoms with van der Waals surface area (Å²) in [6, 6.07) is 9.86. The SMILES string of the molecule is CCCCCCCCCCCCC(CCCCCCCCCC)Cc1cc(-c2cc3c(cc(-c4cc(CC(CCCCCCCCCC)CCCCCCCCCCCC)c(Br)s4)c4n[se]nc43)c3n[se]nc23)sc1Br. The first-order valence-corrected chi connectivity index (χ1v) is 38.1. The van der Waals surface area contributed by atoms with Gasteiger partial charge < -0.3 is 0 Å². The second-order valence-electron chi connectivity index (χ2n) is 23.3. The molecule has 0 amide bonds. The number of benzene rings is 2. The van der Waals surface area contributed by atoms with Gasteiger partial charge >= 0.3 is 324 Å². The molecule has 76 heavy (non-hydrogen) atoms. The van der Waals surface area contributed by atoms with E-state index in [1.807, 2.05) is 22.7 Å². The molecule has 2 aromatic carbocycles. The monoisotopic (exact) mass is 1330 g/mol. The maximum atomic E-state index is 5.20. The van der Waals surface area contributed by atoms with E-state index in [-0.39, 0.29) is 29.9 Å². The van der Waals surface area contributed by atoms with Gasteiger partial charge in [-0.05, 0) is 0 Å². The van der Waals surface area contributed by atoms with Gasteiger partial charge in [-0.1, -0.05) is 182 Å². The summed E-state index contributed by atoms with van der Waals surface area (Å²) in [5, 5.41) is 2.40. The molecule has 6 aromatic rings. The molecular formula is C66H102Br2N4S2Se2. The standard InChI is InChI=1S/C66H102Br2N4S2Se2/c1-5-9-13-17-21-25-27-31-35-39-43-51(41-37-33-29-23-19-15-11-7-3)45-53-47-59(73-65(53)67)57-49-55-56(61-63(57)71-75-69-61)50-58(64-62(55)70-76-72-64)60-48-54(66(68)74-60)46-52(42-38-34-30-24-20-16-12-8-4)44-40-36-32-28-26-22-18-14-10-6-2/h47-52H,5-46H2,1-4H3. The number of hydrogen-bond donors (Lipinski definition) is 0. The normalized spacial score (nSPS) is 12.9. The zero-order valence-electron chi connectivity index (χ0n) is 48.3. The van der Waals surface area contributed by atoms with Crippen LogP contribution in [-0.4, -0.2) is 45.8 Å². The van der Waals surface area contributed by atoms with Crippen molar-refractivity contribution in [3.05, 3.63) is 43.0 Å². The number of fused-ring (bicyclic) bond motifs is 5. The Hall–Kier alpha value is -0.701. The van der Waals surface area contributed by atoms with Gasteiger partial charge in [-0.3, -0.25) is 0 Å². The van der Waals surface area contributed by atoms with Gasteiger partial charge in [-0.15, -0.1) is 0 Å². The topological polar surface area (TPSA) is 51.6 Å². The molecule has 0 fully saturated rings. The molecule has 0 spiro atoms. The third-order valence-electron chi connectivity index (χ3n) is 16.8. The van der Waals surface area contributed by atoms with Crippen molar-refractivity contribution in [2.24, 2.45) is 11.8 Å². The minimum atomic E-state index is -0.152. The van der Waals surface area contributed by atoms with Crippen LogP contribution in [0.1, 0.15) is 296 Å². The van der Waals surface area contributed by atoms with Crippen LogP contribution in [-0.2, 0) is 12.8 Å². The Morgan fingerprint density at radius 1 is 0.342 bits per heavy atom. The summed E-state index contributed by atoms with van der Waals surface area (Å²) in [4.78, 5) is 2.62. The van der Waals surface area contributed by atoms with E-state index < -0.39 is 0 Å². The Labute approximate surface area is 501 Å². The molecule has 0 aliphatic rings. The molecule has 0 bridgehead atoms. The number of nitrogens with zero attached hydrogens (tertiary/aromatic N) is 4. The molecule has 0 saturated carbocycles. The molecule has 0 saturated heterocycles. The van der Waals surface area contributed by atoms with E-state index in [1.165, 1.54) is 320 Å². The molecule has 0 radical (unpaired) electrons. The van der Waals surface area contributed by atoms with Crippen molar-refractivity contribution in [2.45, 2.75) is 297 Å². The fourth-order valence-electron chi connectivity index (χ4n) is 12.1. The van der Waals surface area contributed by atoms with E-state index in [2.05, 4.69) is 83.8 Å². The van der Waals surface area contributed by atoms with E-state index in [0.717, 1.165) is 33.9 Å². The second-order valence-corrected chi connectivity index (χ2v) is 30.3. The molecule has 424 valence electrons. The average Bonchev–Trinajstić information content (AvgIpc) is 4.30. The van der Waals surface area contributed by atoms with E-state index in [9.17, 15) is 0 Å². The quantitative estimate of drug-likeness (QED) is 0.0282. The first kappa shape index (κ1) is 64.5. The van der Waals surface area contributed by atoms with Crippen molar-refractivity contribution in [1.82, 2.24) is 15.9 Å². The van der Waals surface area contributed by atoms with E-state index in [4.69, 9.17) is 15.9 Å². The van der Waals surface area contributed by atoms with Gasteiger partial charge in [-0.2, -0.15) is 0 Å². The number of thiophene rings is 2. The Morgan fingerprint density at radius 2 is 0.592 bits per heavy atom. The molecular weight excluding hydrogens is 1230 g/mol. The first-order chi connectivity index (χ1) is 37.4. The molecule has 4 nitrogen and oxygen atoms in total. The molecule has 4 heterocycles. The zero-order chi connectivity index (χ0) is 53.4. The van der Waals surface area contributed by atoms with Crippen molar-refractivity contribution >= 4 is 117 Å². The van der Waals surface area contributed by atoms with Gasteiger partial charge in [0.05, 0.1) is 0 Å². The summed E-state index contributed by atoms with van der Waals surface area (Å²) < 4.78 is 23.4. The van der Waals surface area contributed by atoms with Crippen LogP contribution in [0.3, 0.4) is 0 Å². The number of unbranched alkanes of at least 4 members (excludes halogenated alkanes) is 32. The third-order valence-corrected chi connectivity index (χ3v) is 23.0. The predicted molar refractivity (Wildman–Crippen MR) is 348 cm³/mol. The summed E-state index contributed by atoms with van der Waals surface area (Å²) in [6.07, 6.45) is 58.1. The zero-order valence-corrected chi connectivity index (χ0v) is 56.6. The van der Waals surface area contributed by atoms with Crippen molar-refractivity contribution in [2.75, 3.05) is 0 Å². The van der Waals surface area contributed by atoms with Crippen LogP contribution in [0.2, 0.25) is 0 Å². The maximum absolute atomic E-state index is 5.20. The van der Waals surface area contributed by atoms with Gasteiger partial charge in [0.25, 0.3) is 0 Å². The fraction of sp³-hybridized carbons (Fsp3) is 0.727. The Morgan fingerprint density at radius 3 is 0.868 bits per heavy atom. The van der Waals surface area contributed by atoms with Gasteiger partial charge in [0, 0.05) is 0 Å². The Bertz CT molecular complexity index is 2290. The van der Waals surface area contributed by atoms with Crippen LogP contribution in [0.4, 0.5) is 0 Å². The number of halogens is 2. The summed E-state index contributed by atoms with van der Waals surface area (Å²) in [7, 11) is 0. The van der Waals surface area contributed by atoms with Crippen LogP contribution in [0.15, 0.2) is 31.8 Å². The molecule has 0 aliphatic carbocycles. The van der Waals surface area contributed by atoms with Crippen LogP contribution in [0.25, 0.3) is 53.7 Å². The summed E-state index contributed by atoms with van der Waals surface area (Å²) in [5.74, 6) is 1.48. The van der Waals surface area contributed by atoms with Gasteiger partial charge in [0.15, 0.2) is 0 Å². The van der Waals surface area contributed by atoms with Crippen molar-refractivity contribution in [3.8, 4) is 20.9 Å². The molecule has 10 heteroatoms. The molecule has 0 N–H and O–H groups in total. The Balaban J connectivity index is 1.15. The molecule has 2 atom stereocenters. The van der Waals surface area contributed by atoms with Crippen LogP contribution in [0.5, 0.6) is 0 Å². The number of aromatic nitrogens is 4. The van der Waals surface area contributed by atoms with Crippen molar-refractivity contribution < 1.29 is 0 Å². The predicted octanol–water partition coefficient (Wildman–Crippen LogP) is 23.8. The van der Waals surface area contributed by atoms with Gasteiger partial charge in [0.2, 0.25) is 0 Å². The summed E-state index contributed by atoms with van der Waals surface area (Å²) in [5.41, 5.74) is 9.74. The third kappa shape index (κ3) is 22.2. The second kappa shape index (κ2) is 38.9. The Kier molecular flexibility index (Phi) is 33.0. The van der Waals surface area contributed by atoms with Crippen LogP contribution < -0.4 is 0 Å². The van der Waals surface area contributed by atoms with Crippen LogP contribution in [0, 0.1) is 11.8 Å². The van der Waals surface area contributed by atoms with Crippen LogP contribution >= 0.6 is 54.5 Å². The summed E-state index contributed by atoms with van der Waals surface area (Å²) in [6.45, 7) is 9.28. The van der Waals surface area contributed by atoms with E-state index >= 15 is 0 Å². The minimum absolute atomic E-state index is 0.152. The average molecular weight is 1330 g/mol.